The standard InChI is InChI=1S/C12H28IN/c1-7-11(2)8-12(3,4)9-14-10-13(5)6/h11,14H,7-10H2,1-6H3. The minimum absolute atomic E-state index is 0.474. The Kier molecular flexibility index (Phi) is 7.39. The molecule has 1 atom stereocenters. The fourth-order valence-corrected chi connectivity index (χ4v) is 3.08. The van der Waals surface area contributed by atoms with E-state index in [1.165, 1.54) is 23.9 Å². The second kappa shape index (κ2) is 7.04. The van der Waals surface area contributed by atoms with Crippen LogP contribution in [0.15, 0.2) is 0 Å². The van der Waals surface area contributed by atoms with Crippen molar-refractivity contribution in [2.24, 2.45) is 11.3 Å². The van der Waals surface area contributed by atoms with Gasteiger partial charge in [-0.25, -0.2) is 0 Å². The first-order valence-corrected chi connectivity index (χ1v) is 11.4. The van der Waals surface area contributed by atoms with Crippen LogP contribution >= 0.6 is 19.8 Å². The predicted molar refractivity (Wildman–Crippen MR) is 76.6 cm³/mol. The van der Waals surface area contributed by atoms with Gasteiger partial charge in [0.15, 0.2) is 0 Å². The van der Waals surface area contributed by atoms with Gasteiger partial charge >= 0.3 is 98.0 Å². The van der Waals surface area contributed by atoms with E-state index in [-0.39, 0.29) is 0 Å². The van der Waals surface area contributed by atoms with E-state index in [0.717, 1.165) is 5.92 Å². The first-order valence-electron chi connectivity index (χ1n) is 5.54. The van der Waals surface area contributed by atoms with Crippen molar-refractivity contribution in [2.75, 3.05) is 21.0 Å². The van der Waals surface area contributed by atoms with Crippen molar-refractivity contribution < 1.29 is 0 Å². The molecule has 0 radical (unpaired) electrons. The Morgan fingerprint density at radius 2 is 1.86 bits per heavy atom. The van der Waals surface area contributed by atoms with E-state index >= 15 is 0 Å². The van der Waals surface area contributed by atoms with Gasteiger partial charge in [-0.2, -0.15) is 0 Å². The summed E-state index contributed by atoms with van der Waals surface area (Å²) in [5.74, 6) is 0.865. The van der Waals surface area contributed by atoms with E-state index < -0.39 is 19.8 Å². The second-order valence-electron chi connectivity index (χ2n) is 5.35. The van der Waals surface area contributed by atoms with Gasteiger partial charge in [-0.1, -0.05) is 0 Å². The Morgan fingerprint density at radius 3 is 2.29 bits per heavy atom. The Morgan fingerprint density at radius 1 is 1.29 bits per heavy atom. The Hall–Kier alpha value is 0.690. The van der Waals surface area contributed by atoms with Gasteiger partial charge in [0.2, 0.25) is 0 Å². The molecule has 0 heterocycles. The van der Waals surface area contributed by atoms with Gasteiger partial charge < -0.3 is 0 Å². The fourth-order valence-electron chi connectivity index (χ4n) is 1.73. The Balaban J connectivity index is 3.71. The number of hydrogen-bond donors (Lipinski definition) is 1. The zero-order valence-corrected chi connectivity index (χ0v) is 12.9. The molecular formula is C12H28IN. The predicted octanol–water partition coefficient (Wildman–Crippen LogP) is 3.76. The van der Waals surface area contributed by atoms with Crippen LogP contribution in [0.5, 0.6) is 0 Å². The monoisotopic (exact) mass is 313 g/mol. The second-order valence-corrected chi connectivity index (χ2v) is 11.3. The van der Waals surface area contributed by atoms with Crippen LogP contribution in [0, 0.1) is 11.3 Å². The molecule has 88 valence electrons. The number of rotatable bonds is 7. The van der Waals surface area contributed by atoms with Crippen molar-refractivity contribution in [2.45, 2.75) is 40.5 Å². The summed E-state index contributed by atoms with van der Waals surface area (Å²) in [7, 11) is 0. The molecule has 1 N–H and O–H groups in total. The van der Waals surface area contributed by atoms with Crippen LogP contribution in [0.4, 0.5) is 0 Å². The summed E-state index contributed by atoms with van der Waals surface area (Å²) in [5, 5.41) is 3.62. The minimum atomic E-state index is -0.564. The molecule has 0 aliphatic heterocycles. The average Bonchev–Trinajstić information content (AvgIpc) is 2.02. The van der Waals surface area contributed by atoms with E-state index in [1.807, 2.05) is 0 Å². The van der Waals surface area contributed by atoms with Crippen LogP contribution in [-0.4, -0.2) is 21.0 Å². The van der Waals surface area contributed by atoms with Crippen molar-refractivity contribution in [3.63, 3.8) is 0 Å². The molecular weight excluding hydrogens is 285 g/mol. The van der Waals surface area contributed by atoms with Gasteiger partial charge in [-0.05, 0) is 0 Å². The summed E-state index contributed by atoms with van der Waals surface area (Å²) in [6.45, 7) is 10.6. The van der Waals surface area contributed by atoms with Crippen LogP contribution in [0.25, 0.3) is 0 Å². The molecule has 0 bridgehead atoms. The van der Waals surface area contributed by atoms with Crippen LogP contribution in [0.1, 0.15) is 40.5 Å². The molecule has 0 saturated heterocycles. The molecule has 0 aliphatic carbocycles. The molecule has 0 saturated carbocycles. The summed E-state index contributed by atoms with van der Waals surface area (Å²) in [6.07, 6.45) is 2.65. The molecule has 14 heavy (non-hydrogen) atoms. The molecule has 0 spiro atoms. The van der Waals surface area contributed by atoms with Gasteiger partial charge in [-0.15, -0.1) is 0 Å². The molecule has 0 aliphatic rings. The van der Waals surface area contributed by atoms with Crippen molar-refractivity contribution in [3.05, 3.63) is 0 Å². The van der Waals surface area contributed by atoms with E-state index in [0.29, 0.717) is 5.41 Å². The third-order valence-corrected chi connectivity index (χ3v) is 4.63. The van der Waals surface area contributed by atoms with Gasteiger partial charge in [0, 0.05) is 0 Å². The Labute approximate surface area is 97.8 Å². The third kappa shape index (κ3) is 8.04. The number of nitrogens with one attached hydrogen (secondary N) is 1. The van der Waals surface area contributed by atoms with E-state index in [9.17, 15) is 0 Å². The number of alkyl halides is 3. The normalized spacial score (nSPS) is 15.4. The maximum absolute atomic E-state index is 3.62. The maximum atomic E-state index is 3.62. The zero-order chi connectivity index (χ0) is 11.2. The van der Waals surface area contributed by atoms with Gasteiger partial charge in [-0.3, -0.25) is 0 Å². The summed E-state index contributed by atoms with van der Waals surface area (Å²) in [5.41, 5.74) is 0.474. The molecule has 1 unspecified atom stereocenters. The van der Waals surface area contributed by atoms with E-state index in [1.54, 1.807) is 0 Å². The quantitative estimate of drug-likeness (QED) is 0.429. The molecule has 1 nitrogen and oxygen atoms in total. The van der Waals surface area contributed by atoms with Crippen LogP contribution < -0.4 is 5.32 Å². The molecule has 0 rings (SSSR count). The molecule has 0 aromatic heterocycles. The van der Waals surface area contributed by atoms with Gasteiger partial charge in [0.05, 0.1) is 0 Å². The summed E-state index contributed by atoms with van der Waals surface area (Å²) in [4.78, 5) is 4.83. The molecule has 2 heteroatoms. The number of halogens is 1. The fraction of sp³-hybridized carbons (Fsp3) is 1.00. The van der Waals surface area contributed by atoms with Crippen molar-refractivity contribution >= 4 is 19.8 Å². The van der Waals surface area contributed by atoms with Crippen molar-refractivity contribution in [3.8, 4) is 0 Å². The average molecular weight is 313 g/mol. The molecule has 0 aromatic carbocycles. The van der Waals surface area contributed by atoms with E-state index in [2.05, 4.69) is 42.9 Å². The van der Waals surface area contributed by atoms with Crippen LogP contribution in [0.3, 0.4) is 0 Å². The van der Waals surface area contributed by atoms with Crippen molar-refractivity contribution in [1.29, 1.82) is 0 Å². The first kappa shape index (κ1) is 14.7. The molecule has 0 amide bonds. The SMILES string of the molecule is CCC(C)CC(C)(C)CNCI(C)C. The van der Waals surface area contributed by atoms with Crippen LogP contribution in [0.2, 0.25) is 0 Å². The Bertz CT molecular complexity index is 143. The van der Waals surface area contributed by atoms with Gasteiger partial charge in [0.1, 0.15) is 0 Å². The van der Waals surface area contributed by atoms with Crippen LogP contribution in [-0.2, 0) is 0 Å². The summed E-state index contributed by atoms with van der Waals surface area (Å²) in [6, 6.07) is 0. The molecule has 0 aromatic rings. The zero-order valence-electron chi connectivity index (χ0n) is 10.8. The third-order valence-electron chi connectivity index (χ3n) is 2.56. The topological polar surface area (TPSA) is 12.0 Å². The first-order chi connectivity index (χ1) is 6.37. The van der Waals surface area contributed by atoms with Crippen molar-refractivity contribution in [1.82, 2.24) is 5.32 Å². The van der Waals surface area contributed by atoms with Gasteiger partial charge in [0.25, 0.3) is 0 Å². The molecule has 0 fully saturated rings. The van der Waals surface area contributed by atoms with E-state index in [4.69, 9.17) is 0 Å². The number of hydrogen-bond acceptors (Lipinski definition) is 1. The summed E-state index contributed by atoms with van der Waals surface area (Å²) >= 11 is -0.564. The summed E-state index contributed by atoms with van der Waals surface area (Å²) < 4.78 is 1.30.